The van der Waals surface area contributed by atoms with E-state index in [0.717, 1.165) is 128 Å². The summed E-state index contributed by atoms with van der Waals surface area (Å²) < 4.78 is 16.9. The molecule has 73 heavy (non-hydrogen) atoms. The Kier molecular flexibility index (Phi) is 57.4. The minimum Gasteiger partial charge on any atom is -0.462 e. The van der Waals surface area contributed by atoms with E-state index in [0.29, 0.717) is 19.3 Å². The van der Waals surface area contributed by atoms with E-state index < -0.39 is 6.10 Å². The smallest absolute Gasteiger partial charge is 0.306 e. The molecule has 0 saturated heterocycles. The molecule has 0 aromatic carbocycles. The molecule has 0 aliphatic heterocycles. The van der Waals surface area contributed by atoms with Crippen LogP contribution in [0.15, 0.2) is 109 Å². The maximum absolute atomic E-state index is 12.9. The van der Waals surface area contributed by atoms with Gasteiger partial charge in [-0.3, -0.25) is 14.4 Å². The van der Waals surface area contributed by atoms with Crippen molar-refractivity contribution < 1.29 is 28.6 Å². The number of carbonyl (C=O) groups excluding carboxylic acids is 3. The molecule has 416 valence electrons. The summed E-state index contributed by atoms with van der Waals surface area (Å²) in [5, 5.41) is 0. The number of ether oxygens (including phenoxy) is 3. The lowest BCUT2D eigenvalue weighted by molar-refractivity contribution is -0.167. The highest BCUT2D eigenvalue weighted by Crippen LogP contribution is 2.15. The van der Waals surface area contributed by atoms with Gasteiger partial charge in [-0.15, -0.1) is 0 Å². The molecule has 0 N–H and O–H groups in total. The van der Waals surface area contributed by atoms with Gasteiger partial charge in [0, 0.05) is 19.3 Å². The first kappa shape index (κ1) is 69.1. The zero-order valence-corrected chi connectivity index (χ0v) is 47.6. The highest BCUT2D eigenvalue weighted by Gasteiger charge is 2.19. The van der Waals surface area contributed by atoms with Crippen molar-refractivity contribution in [3.8, 4) is 0 Å². The lowest BCUT2D eigenvalue weighted by Gasteiger charge is -2.18. The van der Waals surface area contributed by atoms with Gasteiger partial charge in [-0.1, -0.05) is 246 Å². The number of carbonyl (C=O) groups is 3. The Morgan fingerprint density at radius 3 is 0.849 bits per heavy atom. The molecule has 6 nitrogen and oxygen atoms in total. The van der Waals surface area contributed by atoms with E-state index in [-0.39, 0.29) is 31.1 Å². The minimum absolute atomic E-state index is 0.0907. The Balaban J connectivity index is 4.41. The second-order valence-electron chi connectivity index (χ2n) is 19.8. The molecule has 0 aromatic rings. The summed E-state index contributed by atoms with van der Waals surface area (Å²) >= 11 is 0. The fourth-order valence-corrected chi connectivity index (χ4v) is 8.24. The predicted molar refractivity (Wildman–Crippen MR) is 316 cm³/mol. The molecule has 0 aromatic heterocycles. The molecule has 0 aliphatic rings. The van der Waals surface area contributed by atoms with E-state index >= 15 is 0 Å². The van der Waals surface area contributed by atoms with E-state index in [1.807, 2.05) is 0 Å². The summed E-state index contributed by atoms with van der Waals surface area (Å²) in [4.78, 5) is 38.3. The quantitative estimate of drug-likeness (QED) is 0.0261. The Labute approximate surface area is 450 Å². The van der Waals surface area contributed by atoms with Crippen LogP contribution < -0.4 is 0 Å². The van der Waals surface area contributed by atoms with Crippen molar-refractivity contribution in [2.75, 3.05) is 13.2 Å². The third-order valence-electron chi connectivity index (χ3n) is 12.7. The molecular weight excluding hydrogens is 901 g/mol. The number of hydrogen-bond acceptors (Lipinski definition) is 6. The van der Waals surface area contributed by atoms with E-state index in [2.05, 4.69) is 130 Å². The second-order valence-corrected chi connectivity index (χ2v) is 19.8. The van der Waals surface area contributed by atoms with Gasteiger partial charge in [0.25, 0.3) is 0 Å². The zero-order valence-electron chi connectivity index (χ0n) is 47.6. The summed E-state index contributed by atoms with van der Waals surface area (Å²) in [6.07, 6.45) is 82.2. The molecule has 0 saturated carbocycles. The van der Waals surface area contributed by atoms with Crippen molar-refractivity contribution in [3.63, 3.8) is 0 Å². The number of rotatable bonds is 54. The largest absolute Gasteiger partial charge is 0.462 e. The highest BCUT2D eigenvalue weighted by molar-refractivity contribution is 5.71. The molecule has 1 unspecified atom stereocenters. The van der Waals surface area contributed by atoms with Crippen LogP contribution in [0.1, 0.15) is 278 Å². The van der Waals surface area contributed by atoms with Crippen LogP contribution >= 0.6 is 0 Å². The van der Waals surface area contributed by atoms with E-state index in [4.69, 9.17) is 14.2 Å². The molecule has 0 spiro atoms. The van der Waals surface area contributed by atoms with Crippen molar-refractivity contribution in [3.05, 3.63) is 109 Å². The Morgan fingerprint density at radius 1 is 0.288 bits per heavy atom. The Hall–Kier alpha value is -3.93. The molecule has 6 heteroatoms. The van der Waals surface area contributed by atoms with Gasteiger partial charge in [-0.2, -0.15) is 0 Å². The molecule has 0 fully saturated rings. The van der Waals surface area contributed by atoms with E-state index in [1.54, 1.807) is 0 Å². The third-order valence-corrected chi connectivity index (χ3v) is 12.7. The molecule has 0 amide bonds. The van der Waals surface area contributed by atoms with Crippen LogP contribution in [0.3, 0.4) is 0 Å². The molecule has 0 aliphatic carbocycles. The van der Waals surface area contributed by atoms with Crippen LogP contribution in [-0.4, -0.2) is 37.2 Å². The second kappa shape index (κ2) is 60.6. The Morgan fingerprint density at radius 2 is 0.534 bits per heavy atom. The highest BCUT2D eigenvalue weighted by atomic mass is 16.6. The molecule has 0 radical (unpaired) electrons. The molecular formula is C67H112O6. The van der Waals surface area contributed by atoms with Crippen molar-refractivity contribution in [1.29, 1.82) is 0 Å². The van der Waals surface area contributed by atoms with Gasteiger partial charge in [0.05, 0.1) is 0 Å². The van der Waals surface area contributed by atoms with Crippen molar-refractivity contribution in [2.24, 2.45) is 0 Å². The summed E-state index contributed by atoms with van der Waals surface area (Å²) in [5.74, 6) is -0.915. The lowest BCUT2D eigenvalue weighted by Crippen LogP contribution is -2.30. The number of esters is 3. The van der Waals surface area contributed by atoms with Crippen molar-refractivity contribution in [2.45, 2.75) is 284 Å². The molecule has 0 bridgehead atoms. The topological polar surface area (TPSA) is 78.9 Å². The fraction of sp³-hybridized carbons (Fsp3) is 0.687. The lowest BCUT2D eigenvalue weighted by atomic mass is 10.1. The van der Waals surface area contributed by atoms with Crippen molar-refractivity contribution in [1.82, 2.24) is 0 Å². The summed E-state index contributed by atoms with van der Waals surface area (Å²) in [7, 11) is 0. The first-order valence-corrected chi connectivity index (χ1v) is 30.4. The first-order valence-electron chi connectivity index (χ1n) is 30.4. The van der Waals surface area contributed by atoms with Crippen LogP contribution in [0.25, 0.3) is 0 Å². The van der Waals surface area contributed by atoms with Crippen LogP contribution in [-0.2, 0) is 28.6 Å². The van der Waals surface area contributed by atoms with E-state index in [9.17, 15) is 14.4 Å². The van der Waals surface area contributed by atoms with Gasteiger partial charge in [-0.05, 0) is 122 Å². The molecule has 0 rings (SSSR count). The fourth-order valence-electron chi connectivity index (χ4n) is 8.24. The van der Waals surface area contributed by atoms with Crippen molar-refractivity contribution >= 4 is 17.9 Å². The minimum atomic E-state index is -0.794. The van der Waals surface area contributed by atoms with Crippen LogP contribution in [0.5, 0.6) is 0 Å². The van der Waals surface area contributed by atoms with E-state index in [1.165, 1.54) is 109 Å². The Bertz CT molecular complexity index is 1490. The van der Waals surface area contributed by atoms with Gasteiger partial charge in [0.1, 0.15) is 13.2 Å². The normalized spacial score (nSPS) is 12.9. The van der Waals surface area contributed by atoms with Gasteiger partial charge in [0.2, 0.25) is 0 Å². The standard InChI is InChI=1S/C67H112O6/c1-4-7-10-13-16-19-22-25-28-30-31-32-33-34-35-37-39-42-45-48-51-54-57-60-66(69)72-63-64(62-71-65(68)59-56-53-50-47-44-41-38-27-24-21-18-15-12-9-6-3)73-67(70)61-58-55-52-49-46-43-40-36-29-26-23-20-17-14-11-8-5-2/h7-8,10-11,16-17,19-20,25-29,31-32,34-35,38,64H,4-6,9,12-15,18,21-24,30,33,36-37,39-63H2,1-3H3/b10-7-,11-8-,19-16-,20-17-,28-25-,29-26-,32-31-,35-34-,38-27-. The first-order chi connectivity index (χ1) is 36.0. The average Bonchev–Trinajstić information content (AvgIpc) is 3.39. The maximum atomic E-state index is 12.9. The average molecular weight is 1010 g/mol. The number of unbranched alkanes of at least 4 members (excludes halogenated alkanes) is 25. The van der Waals surface area contributed by atoms with Gasteiger partial charge >= 0.3 is 17.9 Å². The number of hydrogen-bond donors (Lipinski definition) is 0. The van der Waals surface area contributed by atoms with Gasteiger partial charge in [0.15, 0.2) is 6.10 Å². The SMILES string of the molecule is CC/C=C\C/C=C\C/C=C\C/C=C\C/C=C\CCCCCCCCCC(=O)OCC(COC(=O)CCCCCCC/C=C\CCCCCCCC)OC(=O)CCCCCCCCC/C=C\C/C=C\C/C=C\CC. The van der Waals surface area contributed by atoms with Crippen LogP contribution in [0.4, 0.5) is 0 Å². The monoisotopic (exact) mass is 1010 g/mol. The number of allylic oxidation sites excluding steroid dienone is 18. The summed E-state index contributed by atoms with van der Waals surface area (Å²) in [5.41, 5.74) is 0. The summed E-state index contributed by atoms with van der Waals surface area (Å²) in [6.45, 7) is 6.40. The van der Waals surface area contributed by atoms with Crippen LogP contribution in [0, 0.1) is 0 Å². The molecule has 0 heterocycles. The van der Waals surface area contributed by atoms with Gasteiger partial charge < -0.3 is 14.2 Å². The van der Waals surface area contributed by atoms with Gasteiger partial charge in [-0.25, -0.2) is 0 Å². The predicted octanol–water partition coefficient (Wildman–Crippen LogP) is 20.7. The summed E-state index contributed by atoms with van der Waals surface area (Å²) in [6, 6.07) is 0. The molecule has 1 atom stereocenters. The maximum Gasteiger partial charge on any atom is 0.306 e. The zero-order chi connectivity index (χ0) is 52.9. The van der Waals surface area contributed by atoms with Crippen LogP contribution in [0.2, 0.25) is 0 Å². The third kappa shape index (κ3) is 58.8.